The lowest BCUT2D eigenvalue weighted by molar-refractivity contribution is 0.261. The first-order valence-corrected chi connectivity index (χ1v) is 9.12. The fourth-order valence-corrected chi connectivity index (χ4v) is 3.83. The van der Waals surface area contributed by atoms with Crippen LogP contribution in [0.25, 0.3) is 0 Å². The highest BCUT2D eigenvalue weighted by molar-refractivity contribution is 14.0. The van der Waals surface area contributed by atoms with Crippen LogP contribution in [-0.4, -0.2) is 19.1 Å². The highest BCUT2D eigenvalue weighted by Gasteiger charge is 2.30. The Morgan fingerprint density at radius 1 is 1.08 bits per heavy atom. The highest BCUT2D eigenvalue weighted by atomic mass is 127. The Morgan fingerprint density at radius 2 is 1.81 bits per heavy atom. The molecule has 1 saturated carbocycles. The lowest BCUT2D eigenvalue weighted by Crippen LogP contribution is -2.38. The summed E-state index contributed by atoms with van der Waals surface area (Å²) in [6, 6.07) is 19.1. The number of hydrogen-bond acceptors (Lipinski definition) is 2. The topological polar surface area (TPSA) is 59.6 Å². The molecule has 0 radical (unpaired) electrons. The molecule has 1 aliphatic carbocycles. The number of halogens is 1. The van der Waals surface area contributed by atoms with Gasteiger partial charge in [0.25, 0.3) is 0 Å². The quantitative estimate of drug-likeness (QED) is 0.406. The SMILES string of the molecule is I.NC(=NCC1CC(c2ccccc2)C1)NC1CCOc2ccccc21. The minimum absolute atomic E-state index is 0. The van der Waals surface area contributed by atoms with Gasteiger partial charge in [0.05, 0.1) is 12.6 Å². The van der Waals surface area contributed by atoms with Crippen LogP contribution in [0.5, 0.6) is 5.75 Å². The average molecular weight is 463 g/mol. The third-order valence-electron chi connectivity index (χ3n) is 5.31. The van der Waals surface area contributed by atoms with Crippen LogP contribution < -0.4 is 15.8 Å². The predicted molar refractivity (Wildman–Crippen MR) is 116 cm³/mol. The number of hydrogen-bond donors (Lipinski definition) is 2. The number of guanidine groups is 1. The van der Waals surface area contributed by atoms with Crippen molar-refractivity contribution >= 4 is 29.9 Å². The fraction of sp³-hybridized carbons (Fsp3) is 0.381. The summed E-state index contributed by atoms with van der Waals surface area (Å²) in [4.78, 5) is 4.58. The molecule has 1 aliphatic heterocycles. The van der Waals surface area contributed by atoms with Gasteiger partial charge < -0.3 is 15.8 Å². The Kier molecular flexibility index (Phi) is 6.40. The summed E-state index contributed by atoms with van der Waals surface area (Å²) in [6.07, 6.45) is 3.33. The molecule has 0 spiro atoms. The molecule has 5 heteroatoms. The average Bonchev–Trinajstić information content (AvgIpc) is 2.62. The van der Waals surface area contributed by atoms with Crippen LogP contribution in [-0.2, 0) is 0 Å². The Morgan fingerprint density at radius 3 is 2.62 bits per heavy atom. The van der Waals surface area contributed by atoms with Crippen LogP contribution in [0.15, 0.2) is 59.6 Å². The molecule has 1 heterocycles. The van der Waals surface area contributed by atoms with E-state index in [1.165, 1.54) is 24.0 Å². The Bertz CT molecular complexity index is 744. The van der Waals surface area contributed by atoms with Gasteiger partial charge in [0.15, 0.2) is 5.96 Å². The second-order valence-corrected chi connectivity index (χ2v) is 7.04. The monoisotopic (exact) mass is 463 g/mol. The summed E-state index contributed by atoms with van der Waals surface area (Å²) in [5.41, 5.74) is 8.75. The van der Waals surface area contributed by atoms with Gasteiger partial charge in [0.2, 0.25) is 0 Å². The molecular formula is C21H26IN3O. The maximum atomic E-state index is 6.13. The van der Waals surface area contributed by atoms with Crippen molar-refractivity contribution in [3.8, 4) is 5.75 Å². The van der Waals surface area contributed by atoms with Crippen LogP contribution in [0.4, 0.5) is 0 Å². The third-order valence-corrected chi connectivity index (χ3v) is 5.31. The van der Waals surface area contributed by atoms with E-state index >= 15 is 0 Å². The molecule has 26 heavy (non-hydrogen) atoms. The molecule has 0 bridgehead atoms. The van der Waals surface area contributed by atoms with Crippen LogP contribution >= 0.6 is 24.0 Å². The molecule has 1 atom stereocenters. The van der Waals surface area contributed by atoms with Gasteiger partial charge in [-0.1, -0.05) is 48.5 Å². The molecule has 2 aromatic carbocycles. The van der Waals surface area contributed by atoms with Gasteiger partial charge in [-0.2, -0.15) is 0 Å². The number of nitrogens with zero attached hydrogens (tertiary/aromatic N) is 1. The van der Waals surface area contributed by atoms with Crippen molar-refractivity contribution < 1.29 is 4.74 Å². The zero-order valence-corrected chi connectivity index (χ0v) is 17.1. The van der Waals surface area contributed by atoms with Crippen LogP contribution in [0, 0.1) is 5.92 Å². The van der Waals surface area contributed by atoms with Crippen molar-refractivity contribution in [3.05, 3.63) is 65.7 Å². The Hall–Kier alpha value is -1.76. The molecule has 138 valence electrons. The van der Waals surface area contributed by atoms with Gasteiger partial charge in [0.1, 0.15) is 5.75 Å². The summed E-state index contributed by atoms with van der Waals surface area (Å²) in [7, 11) is 0. The normalized spacial score (nSPS) is 24.5. The van der Waals surface area contributed by atoms with Crippen molar-refractivity contribution in [3.63, 3.8) is 0 Å². The minimum atomic E-state index is 0. The molecule has 4 nitrogen and oxygen atoms in total. The number of para-hydroxylation sites is 1. The number of nitrogens with one attached hydrogen (secondary N) is 1. The smallest absolute Gasteiger partial charge is 0.189 e. The van der Waals surface area contributed by atoms with Gasteiger partial charge in [0, 0.05) is 18.5 Å². The van der Waals surface area contributed by atoms with Crippen LogP contribution in [0.2, 0.25) is 0 Å². The van der Waals surface area contributed by atoms with E-state index in [-0.39, 0.29) is 30.0 Å². The second-order valence-electron chi connectivity index (χ2n) is 7.04. The van der Waals surface area contributed by atoms with Crippen LogP contribution in [0.3, 0.4) is 0 Å². The molecule has 0 aromatic heterocycles. The van der Waals surface area contributed by atoms with Crippen molar-refractivity contribution in [2.45, 2.75) is 31.2 Å². The van der Waals surface area contributed by atoms with Crippen molar-refractivity contribution in [1.82, 2.24) is 5.32 Å². The van der Waals surface area contributed by atoms with Gasteiger partial charge in [-0.05, 0) is 36.3 Å². The zero-order valence-electron chi connectivity index (χ0n) is 14.8. The summed E-state index contributed by atoms with van der Waals surface area (Å²) < 4.78 is 5.69. The molecule has 1 fully saturated rings. The number of aliphatic imine (C=N–C) groups is 1. The highest BCUT2D eigenvalue weighted by Crippen LogP contribution is 2.41. The molecule has 4 rings (SSSR count). The Labute approximate surface area is 172 Å². The molecule has 1 unspecified atom stereocenters. The van der Waals surface area contributed by atoms with E-state index in [0.29, 0.717) is 24.4 Å². The summed E-state index contributed by atoms with van der Waals surface area (Å²) in [5.74, 6) is 2.83. The van der Waals surface area contributed by atoms with E-state index in [0.717, 1.165) is 18.7 Å². The summed E-state index contributed by atoms with van der Waals surface area (Å²) in [6.45, 7) is 1.52. The molecule has 0 saturated heterocycles. The zero-order chi connectivity index (χ0) is 17.1. The predicted octanol–water partition coefficient (Wildman–Crippen LogP) is 4.23. The van der Waals surface area contributed by atoms with Gasteiger partial charge in [-0.3, -0.25) is 4.99 Å². The molecule has 3 N–H and O–H groups in total. The van der Waals surface area contributed by atoms with Crippen molar-refractivity contribution in [2.24, 2.45) is 16.6 Å². The number of nitrogens with two attached hydrogens (primary N) is 1. The van der Waals surface area contributed by atoms with E-state index in [1.54, 1.807) is 0 Å². The van der Waals surface area contributed by atoms with E-state index in [2.05, 4.69) is 46.7 Å². The fourth-order valence-electron chi connectivity index (χ4n) is 3.83. The number of ether oxygens (including phenoxy) is 1. The number of rotatable bonds is 4. The van der Waals surface area contributed by atoms with E-state index < -0.39 is 0 Å². The largest absolute Gasteiger partial charge is 0.493 e. The van der Waals surface area contributed by atoms with Gasteiger partial charge in [-0.15, -0.1) is 24.0 Å². The molecular weight excluding hydrogens is 437 g/mol. The first-order chi connectivity index (χ1) is 12.3. The van der Waals surface area contributed by atoms with Crippen molar-refractivity contribution in [1.29, 1.82) is 0 Å². The minimum Gasteiger partial charge on any atom is -0.493 e. The van der Waals surface area contributed by atoms with E-state index in [1.807, 2.05) is 18.2 Å². The first kappa shape index (κ1) is 19.0. The third kappa shape index (κ3) is 4.31. The molecule has 2 aliphatic rings. The maximum Gasteiger partial charge on any atom is 0.189 e. The molecule has 2 aromatic rings. The molecule has 0 amide bonds. The first-order valence-electron chi connectivity index (χ1n) is 9.12. The number of benzene rings is 2. The van der Waals surface area contributed by atoms with Crippen molar-refractivity contribution in [2.75, 3.05) is 13.2 Å². The van der Waals surface area contributed by atoms with Gasteiger partial charge in [-0.25, -0.2) is 0 Å². The van der Waals surface area contributed by atoms with E-state index in [4.69, 9.17) is 10.5 Å². The van der Waals surface area contributed by atoms with E-state index in [9.17, 15) is 0 Å². The lowest BCUT2D eigenvalue weighted by atomic mass is 9.71. The van der Waals surface area contributed by atoms with Gasteiger partial charge >= 0.3 is 0 Å². The number of fused-ring (bicyclic) bond motifs is 1. The lowest BCUT2D eigenvalue weighted by Gasteiger charge is -2.35. The summed E-state index contributed by atoms with van der Waals surface area (Å²) >= 11 is 0. The summed E-state index contributed by atoms with van der Waals surface area (Å²) in [5, 5.41) is 3.37. The second kappa shape index (κ2) is 8.75. The van der Waals surface area contributed by atoms with Crippen LogP contribution in [0.1, 0.15) is 42.3 Å². The standard InChI is InChI=1S/C21H25N3O.HI/c22-21(24-19-10-11-25-20-9-5-4-8-18(19)20)23-14-15-12-17(13-15)16-6-2-1-3-7-16;/h1-9,15,17,19H,10-14H2,(H3,22,23,24);1H. The maximum absolute atomic E-state index is 6.13. The Balaban J connectivity index is 0.00000196.